The third kappa shape index (κ3) is 3.79. The molecule has 2 atom stereocenters. The minimum Gasteiger partial charge on any atom is -0.396 e. The highest BCUT2D eigenvalue weighted by Gasteiger charge is 2.32. The van der Waals surface area contributed by atoms with Crippen molar-refractivity contribution in [2.75, 3.05) is 6.61 Å². The molecule has 124 valence electrons. The highest BCUT2D eigenvalue weighted by Crippen LogP contribution is 2.37. The van der Waals surface area contributed by atoms with Gasteiger partial charge in [-0.3, -0.25) is 0 Å². The van der Waals surface area contributed by atoms with Crippen LogP contribution in [0.5, 0.6) is 0 Å². The largest absolute Gasteiger partial charge is 0.396 e. The highest BCUT2D eigenvalue weighted by molar-refractivity contribution is 7.15. The Morgan fingerprint density at radius 1 is 1.39 bits per heavy atom. The average Bonchev–Trinajstić information content (AvgIpc) is 3.30. The maximum atomic E-state index is 14.0. The molecule has 0 amide bonds. The Bertz CT molecular complexity index is 669. The maximum Gasteiger partial charge on any atom is 0.133 e. The summed E-state index contributed by atoms with van der Waals surface area (Å²) in [6, 6.07) is 7.28. The summed E-state index contributed by atoms with van der Waals surface area (Å²) in [5, 5.41) is 13.6. The summed E-state index contributed by atoms with van der Waals surface area (Å²) < 4.78 is 14.0. The molecule has 0 aliphatic heterocycles. The topological polar surface area (TPSA) is 45.2 Å². The SMILES string of the molecule is Cc1nc(-c2ccccc2F)sc1C(C)NC(CCO)C1CC1. The molecule has 2 unspecified atom stereocenters. The van der Waals surface area contributed by atoms with Crippen LogP contribution in [0.1, 0.15) is 42.8 Å². The van der Waals surface area contributed by atoms with Crippen molar-refractivity contribution in [3.05, 3.63) is 40.7 Å². The van der Waals surface area contributed by atoms with Crippen LogP contribution in [0.3, 0.4) is 0 Å². The molecule has 0 saturated heterocycles. The molecule has 2 aromatic rings. The predicted octanol–water partition coefficient (Wildman–Crippen LogP) is 4.07. The van der Waals surface area contributed by atoms with Gasteiger partial charge in [-0.15, -0.1) is 11.3 Å². The van der Waals surface area contributed by atoms with Crippen LogP contribution in [-0.4, -0.2) is 22.7 Å². The molecule has 0 spiro atoms. The molecule has 1 aromatic carbocycles. The Balaban J connectivity index is 1.78. The van der Waals surface area contributed by atoms with E-state index in [0.29, 0.717) is 17.5 Å². The fourth-order valence-electron chi connectivity index (χ4n) is 3.05. The van der Waals surface area contributed by atoms with Crippen molar-refractivity contribution < 1.29 is 9.50 Å². The van der Waals surface area contributed by atoms with E-state index >= 15 is 0 Å². The monoisotopic (exact) mass is 334 g/mol. The zero-order valence-corrected chi connectivity index (χ0v) is 14.4. The maximum absolute atomic E-state index is 14.0. The van der Waals surface area contributed by atoms with E-state index in [2.05, 4.69) is 17.2 Å². The van der Waals surface area contributed by atoms with Crippen LogP contribution in [0.2, 0.25) is 0 Å². The molecule has 0 bridgehead atoms. The third-order valence-electron chi connectivity index (χ3n) is 4.43. The second-order valence-corrected chi connectivity index (χ2v) is 7.32. The van der Waals surface area contributed by atoms with Gasteiger partial charge in [-0.2, -0.15) is 0 Å². The van der Waals surface area contributed by atoms with Gasteiger partial charge in [0, 0.05) is 29.1 Å². The van der Waals surface area contributed by atoms with Crippen LogP contribution in [0, 0.1) is 18.7 Å². The summed E-state index contributed by atoms with van der Waals surface area (Å²) in [5.74, 6) is 0.452. The fourth-order valence-corrected chi connectivity index (χ4v) is 4.15. The summed E-state index contributed by atoms with van der Waals surface area (Å²) in [6.07, 6.45) is 3.27. The van der Waals surface area contributed by atoms with Crippen molar-refractivity contribution in [3.63, 3.8) is 0 Å². The van der Waals surface area contributed by atoms with Gasteiger partial charge >= 0.3 is 0 Å². The lowest BCUT2D eigenvalue weighted by molar-refractivity contribution is 0.250. The minimum atomic E-state index is -0.232. The van der Waals surface area contributed by atoms with Gasteiger partial charge in [0.2, 0.25) is 0 Å². The second-order valence-electron chi connectivity index (χ2n) is 6.29. The first-order chi connectivity index (χ1) is 11.1. The first-order valence-electron chi connectivity index (χ1n) is 8.19. The van der Waals surface area contributed by atoms with Crippen LogP contribution in [-0.2, 0) is 0 Å². The molecule has 1 aromatic heterocycles. The number of halogens is 1. The smallest absolute Gasteiger partial charge is 0.133 e. The lowest BCUT2D eigenvalue weighted by atomic mass is 10.1. The zero-order chi connectivity index (χ0) is 16.4. The number of benzene rings is 1. The van der Waals surface area contributed by atoms with Crippen LogP contribution < -0.4 is 5.32 Å². The van der Waals surface area contributed by atoms with Crippen LogP contribution in [0.15, 0.2) is 24.3 Å². The van der Waals surface area contributed by atoms with E-state index in [9.17, 15) is 9.50 Å². The van der Waals surface area contributed by atoms with E-state index in [1.807, 2.05) is 13.0 Å². The van der Waals surface area contributed by atoms with E-state index < -0.39 is 0 Å². The quantitative estimate of drug-likeness (QED) is 0.802. The molecule has 3 rings (SSSR count). The molecule has 0 radical (unpaired) electrons. The number of hydrogen-bond donors (Lipinski definition) is 2. The molecule has 1 fully saturated rings. The lowest BCUT2D eigenvalue weighted by Gasteiger charge is -2.22. The molecule has 5 heteroatoms. The summed E-state index contributed by atoms with van der Waals surface area (Å²) >= 11 is 1.55. The van der Waals surface area contributed by atoms with Crippen molar-refractivity contribution in [2.24, 2.45) is 5.92 Å². The van der Waals surface area contributed by atoms with Gasteiger partial charge in [0.15, 0.2) is 0 Å². The first kappa shape index (κ1) is 16.6. The van der Waals surface area contributed by atoms with Crippen LogP contribution in [0.4, 0.5) is 4.39 Å². The summed E-state index contributed by atoms with van der Waals surface area (Å²) in [4.78, 5) is 5.71. The molecule has 1 heterocycles. The van der Waals surface area contributed by atoms with Gasteiger partial charge in [0.25, 0.3) is 0 Å². The Kier molecular flexibility index (Phi) is 5.09. The van der Waals surface area contributed by atoms with Crippen molar-refractivity contribution in [1.29, 1.82) is 0 Å². The fraction of sp³-hybridized carbons (Fsp3) is 0.500. The lowest BCUT2D eigenvalue weighted by Crippen LogP contribution is -2.34. The van der Waals surface area contributed by atoms with Gasteiger partial charge in [-0.05, 0) is 51.2 Å². The van der Waals surface area contributed by atoms with Gasteiger partial charge < -0.3 is 10.4 Å². The van der Waals surface area contributed by atoms with Crippen molar-refractivity contribution in [1.82, 2.24) is 10.3 Å². The molecular weight excluding hydrogens is 311 g/mol. The normalized spacial score (nSPS) is 17.2. The third-order valence-corrected chi connectivity index (χ3v) is 5.80. The van der Waals surface area contributed by atoms with Crippen molar-refractivity contribution in [2.45, 2.75) is 45.2 Å². The number of nitrogens with one attached hydrogen (secondary N) is 1. The van der Waals surface area contributed by atoms with Gasteiger partial charge in [0.05, 0.1) is 5.69 Å². The predicted molar refractivity (Wildman–Crippen MR) is 92.0 cm³/mol. The Labute approximate surface area is 140 Å². The Morgan fingerprint density at radius 2 is 2.13 bits per heavy atom. The number of rotatable bonds is 7. The second kappa shape index (κ2) is 7.07. The van der Waals surface area contributed by atoms with E-state index in [1.54, 1.807) is 23.5 Å². The molecular formula is C18H23FN2OS. The number of aromatic nitrogens is 1. The zero-order valence-electron chi connectivity index (χ0n) is 13.6. The van der Waals surface area contributed by atoms with E-state index in [4.69, 9.17) is 0 Å². The molecule has 23 heavy (non-hydrogen) atoms. The van der Waals surface area contributed by atoms with E-state index in [-0.39, 0.29) is 18.5 Å². The molecule has 3 nitrogen and oxygen atoms in total. The summed E-state index contributed by atoms with van der Waals surface area (Å²) in [6.45, 7) is 4.31. The first-order valence-corrected chi connectivity index (χ1v) is 9.01. The van der Waals surface area contributed by atoms with Crippen molar-refractivity contribution >= 4 is 11.3 Å². The van der Waals surface area contributed by atoms with Crippen LogP contribution >= 0.6 is 11.3 Å². The van der Waals surface area contributed by atoms with Gasteiger partial charge in [-0.1, -0.05) is 12.1 Å². The summed E-state index contributed by atoms with van der Waals surface area (Å²) in [7, 11) is 0. The highest BCUT2D eigenvalue weighted by atomic mass is 32.1. The number of aliphatic hydroxyl groups excluding tert-OH is 1. The van der Waals surface area contributed by atoms with Crippen LogP contribution in [0.25, 0.3) is 10.6 Å². The standard InChI is InChI=1S/C18H23FN2OS/c1-11(20-16(9-10-22)13-7-8-13)17-12(2)21-18(23-17)14-5-3-4-6-15(14)19/h3-6,11,13,16,20,22H,7-10H2,1-2H3. The average molecular weight is 334 g/mol. The number of hydrogen-bond acceptors (Lipinski definition) is 4. The Hall–Kier alpha value is -1.30. The number of thiazole rings is 1. The van der Waals surface area contributed by atoms with E-state index in [0.717, 1.165) is 22.0 Å². The summed E-state index contributed by atoms with van der Waals surface area (Å²) in [5.41, 5.74) is 1.51. The van der Waals surface area contributed by atoms with E-state index in [1.165, 1.54) is 18.9 Å². The Morgan fingerprint density at radius 3 is 2.78 bits per heavy atom. The number of aryl methyl sites for hydroxylation is 1. The van der Waals surface area contributed by atoms with Gasteiger partial charge in [0.1, 0.15) is 10.8 Å². The molecule has 1 aliphatic rings. The van der Waals surface area contributed by atoms with Crippen molar-refractivity contribution in [3.8, 4) is 10.6 Å². The van der Waals surface area contributed by atoms with Gasteiger partial charge in [-0.25, -0.2) is 9.37 Å². The number of aliphatic hydroxyl groups is 1. The molecule has 1 saturated carbocycles. The molecule has 1 aliphatic carbocycles. The number of nitrogens with zero attached hydrogens (tertiary/aromatic N) is 1. The minimum absolute atomic E-state index is 0.158. The molecule has 2 N–H and O–H groups in total.